The minimum atomic E-state index is -0.918. The Morgan fingerprint density at radius 2 is 1.86 bits per heavy atom. The first-order chi connectivity index (χ1) is 10.1. The Morgan fingerprint density at radius 3 is 2.52 bits per heavy atom. The van der Waals surface area contributed by atoms with Crippen molar-refractivity contribution in [1.29, 1.82) is 0 Å². The molecule has 0 bridgehead atoms. The van der Waals surface area contributed by atoms with E-state index in [9.17, 15) is 9.50 Å². The van der Waals surface area contributed by atoms with Crippen LogP contribution in [0, 0.1) is 5.82 Å². The normalized spacial score (nSPS) is 20.2. The minimum Gasteiger partial charge on any atom is -0.381 e. The van der Waals surface area contributed by atoms with Crippen LogP contribution in [0.3, 0.4) is 0 Å². The van der Waals surface area contributed by atoms with E-state index in [0.29, 0.717) is 19.0 Å². The lowest BCUT2D eigenvalue weighted by atomic mass is 9.86. The number of rotatable bonds is 3. The van der Waals surface area contributed by atoms with Gasteiger partial charge in [0.05, 0.1) is 13.1 Å². The van der Waals surface area contributed by atoms with Crippen LogP contribution >= 0.6 is 0 Å². The van der Waals surface area contributed by atoms with Gasteiger partial charge in [-0.25, -0.2) is 14.4 Å². The topological polar surface area (TPSA) is 49.2 Å². The fourth-order valence-corrected chi connectivity index (χ4v) is 2.77. The Labute approximate surface area is 122 Å². The zero-order valence-corrected chi connectivity index (χ0v) is 11.5. The second-order valence-electron chi connectivity index (χ2n) is 5.94. The molecular weight excluding hydrogens is 269 g/mol. The molecule has 2 heterocycles. The summed E-state index contributed by atoms with van der Waals surface area (Å²) in [5, 5.41) is 10.6. The number of hydrogen-bond acceptors (Lipinski definition) is 4. The molecule has 0 spiro atoms. The summed E-state index contributed by atoms with van der Waals surface area (Å²) in [6.07, 6.45) is 4.12. The van der Waals surface area contributed by atoms with Gasteiger partial charge in [0.25, 0.3) is 0 Å². The van der Waals surface area contributed by atoms with E-state index in [2.05, 4.69) is 9.97 Å². The second-order valence-corrected chi connectivity index (χ2v) is 5.94. The number of anilines is 1. The van der Waals surface area contributed by atoms with Crippen LogP contribution in [0.15, 0.2) is 36.5 Å². The van der Waals surface area contributed by atoms with Crippen molar-refractivity contribution < 1.29 is 9.50 Å². The van der Waals surface area contributed by atoms with Crippen molar-refractivity contribution in [3.63, 3.8) is 0 Å². The SMILES string of the molecule is OC1(c2ccc(F)cc2)CN(c2ccnc(C3CC3)n2)C1. The highest BCUT2D eigenvalue weighted by Crippen LogP contribution is 2.39. The first-order valence-corrected chi connectivity index (χ1v) is 7.20. The van der Waals surface area contributed by atoms with E-state index in [4.69, 9.17) is 0 Å². The largest absolute Gasteiger partial charge is 0.381 e. The fraction of sp³-hybridized carbons (Fsp3) is 0.375. The summed E-state index contributed by atoms with van der Waals surface area (Å²) in [5.74, 6) is 1.99. The van der Waals surface area contributed by atoms with Gasteiger partial charge in [0.15, 0.2) is 0 Å². The maximum absolute atomic E-state index is 13.0. The number of halogens is 1. The van der Waals surface area contributed by atoms with Crippen molar-refractivity contribution in [2.75, 3.05) is 18.0 Å². The van der Waals surface area contributed by atoms with Crippen molar-refractivity contribution >= 4 is 5.82 Å². The van der Waals surface area contributed by atoms with E-state index in [1.54, 1.807) is 18.3 Å². The zero-order chi connectivity index (χ0) is 14.4. The number of β-amino-alcohol motifs (C(OH)–C–C–N with tert-alkyl or cyclic N) is 1. The molecule has 1 aromatic heterocycles. The highest BCUT2D eigenvalue weighted by atomic mass is 19.1. The Hall–Kier alpha value is -2.01. The molecule has 1 N–H and O–H groups in total. The van der Waals surface area contributed by atoms with Gasteiger partial charge in [-0.1, -0.05) is 12.1 Å². The van der Waals surface area contributed by atoms with Crippen LogP contribution in [0.1, 0.15) is 30.1 Å². The molecule has 1 aromatic carbocycles. The molecule has 1 saturated heterocycles. The van der Waals surface area contributed by atoms with E-state index in [1.165, 1.54) is 25.0 Å². The van der Waals surface area contributed by atoms with Gasteiger partial charge in [0, 0.05) is 12.1 Å². The standard InChI is InChI=1S/C16H16FN3O/c17-13-5-3-12(4-6-13)16(21)9-20(10-16)14-7-8-18-15(19-14)11-1-2-11/h3-8,11,21H,1-2,9-10H2. The van der Waals surface area contributed by atoms with Gasteiger partial charge in [-0.3, -0.25) is 0 Å². The summed E-state index contributed by atoms with van der Waals surface area (Å²) in [5.41, 5.74) is -0.171. The van der Waals surface area contributed by atoms with E-state index in [0.717, 1.165) is 17.2 Å². The summed E-state index contributed by atoms with van der Waals surface area (Å²) < 4.78 is 13.0. The molecule has 108 valence electrons. The van der Waals surface area contributed by atoms with Crippen LogP contribution < -0.4 is 4.90 Å². The van der Waals surface area contributed by atoms with Crippen LogP contribution in [0.2, 0.25) is 0 Å². The first-order valence-electron chi connectivity index (χ1n) is 7.20. The average molecular weight is 285 g/mol. The van der Waals surface area contributed by atoms with Gasteiger partial charge in [-0.05, 0) is 36.6 Å². The van der Waals surface area contributed by atoms with Crippen LogP contribution in [0.4, 0.5) is 10.2 Å². The maximum atomic E-state index is 13.0. The highest BCUT2D eigenvalue weighted by molar-refractivity contribution is 5.46. The predicted molar refractivity (Wildman–Crippen MR) is 76.5 cm³/mol. The van der Waals surface area contributed by atoms with E-state index >= 15 is 0 Å². The number of nitrogens with zero attached hydrogens (tertiary/aromatic N) is 3. The van der Waals surface area contributed by atoms with Gasteiger partial charge in [0.1, 0.15) is 23.1 Å². The number of aliphatic hydroxyl groups is 1. The Bertz CT molecular complexity index is 663. The quantitative estimate of drug-likeness (QED) is 0.939. The van der Waals surface area contributed by atoms with Crippen molar-refractivity contribution in [2.45, 2.75) is 24.4 Å². The summed E-state index contributed by atoms with van der Waals surface area (Å²) in [4.78, 5) is 10.9. The second kappa shape index (κ2) is 4.49. The zero-order valence-electron chi connectivity index (χ0n) is 11.5. The lowest BCUT2D eigenvalue weighted by Crippen LogP contribution is -2.59. The number of hydrogen-bond donors (Lipinski definition) is 1. The molecule has 2 aliphatic rings. The molecule has 2 aromatic rings. The maximum Gasteiger partial charge on any atom is 0.133 e. The molecule has 2 fully saturated rings. The Balaban J connectivity index is 1.51. The molecular formula is C16H16FN3O. The molecule has 0 radical (unpaired) electrons. The lowest BCUT2D eigenvalue weighted by molar-refractivity contribution is 0.00697. The highest BCUT2D eigenvalue weighted by Gasteiger charge is 2.43. The lowest BCUT2D eigenvalue weighted by Gasteiger charge is -2.47. The van der Waals surface area contributed by atoms with Crippen molar-refractivity contribution in [3.8, 4) is 0 Å². The third kappa shape index (κ3) is 2.27. The molecule has 0 unspecified atom stereocenters. The van der Waals surface area contributed by atoms with Crippen LogP contribution in [0.25, 0.3) is 0 Å². The van der Waals surface area contributed by atoms with E-state index in [1.807, 2.05) is 11.0 Å². The molecule has 4 rings (SSSR count). The monoisotopic (exact) mass is 285 g/mol. The van der Waals surface area contributed by atoms with Gasteiger partial charge in [0.2, 0.25) is 0 Å². The third-order valence-corrected chi connectivity index (χ3v) is 4.21. The Morgan fingerprint density at radius 1 is 1.14 bits per heavy atom. The molecule has 0 amide bonds. The van der Waals surface area contributed by atoms with Crippen molar-refractivity contribution in [1.82, 2.24) is 9.97 Å². The third-order valence-electron chi connectivity index (χ3n) is 4.21. The summed E-state index contributed by atoms with van der Waals surface area (Å²) in [6, 6.07) is 7.92. The predicted octanol–water partition coefficient (Wildman–Crippen LogP) is 2.20. The van der Waals surface area contributed by atoms with Crippen LogP contribution in [0.5, 0.6) is 0 Å². The fourth-order valence-electron chi connectivity index (χ4n) is 2.77. The average Bonchev–Trinajstić information content (AvgIpc) is 3.29. The van der Waals surface area contributed by atoms with Gasteiger partial charge in [-0.2, -0.15) is 0 Å². The van der Waals surface area contributed by atoms with Gasteiger partial charge < -0.3 is 10.0 Å². The van der Waals surface area contributed by atoms with Crippen LogP contribution in [-0.4, -0.2) is 28.2 Å². The van der Waals surface area contributed by atoms with E-state index in [-0.39, 0.29) is 5.82 Å². The van der Waals surface area contributed by atoms with Crippen molar-refractivity contribution in [2.24, 2.45) is 0 Å². The number of benzene rings is 1. The molecule has 4 nitrogen and oxygen atoms in total. The summed E-state index contributed by atoms with van der Waals surface area (Å²) in [7, 11) is 0. The molecule has 5 heteroatoms. The summed E-state index contributed by atoms with van der Waals surface area (Å²) in [6.45, 7) is 0.944. The van der Waals surface area contributed by atoms with Gasteiger partial charge >= 0.3 is 0 Å². The first kappa shape index (κ1) is 12.7. The molecule has 0 atom stereocenters. The number of aromatic nitrogens is 2. The smallest absolute Gasteiger partial charge is 0.133 e. The molecule has 1 aliphatic heterocycles. The molecule has 21 heavy (non-hydrogen) atoms. The van der Waals surface area contributed by atoms with Gasteiger partial charge in [-0.15, -0.1) is 0 Å². The Kier molecular flexibility index (Phi) is 2.72. The molecule has 1 saturated carbocycles. The summed E-state index contributed by atoms with van der Waals surface area (Å²) >= 11 is 0. The van der Waals surface area contributed by atoms with Crippen LogP contribution in [-0.2, 0) is 5.60 Å². The molecule has 1 aliphatic carbocycles. The minimum absolute atomic E-state index is 0.289. The van der Waals surface area contributed by atoms with E-state index < -0.39 is 5.60 Å². The van der Waals surface area contributed by atoms with Crippen molar-refractivity contribution in [3.05, 3.63) is 53.7 Å².